The van der Waals surface area contributed by atoms with Gasteiger partial charge in [-0.2, -0.15) is 0 Å². The van der Waals surface area contributed by atoms with Gasteiger partial charge >= 0.3 is 0 Å². The largest absolute Gasteiger partial charge is 0.341 e. The summed E-state index contributed by atoms with van der Waals surface area (Å²) in [6.07, 6.45) is 4.32. The number of carbonyl (C=O) groups excluding carboxylic acids is 1. The van der Waals surface area contributed by atoms with Gasteiger partial charge in [-0.1, -0.05) is 0 Å². The Bertz CT molecular complexity index is 233. The first-order chi connectivity index (χ1) is 7.66. The number of hydrogen-bond acceptors (Lipinski definition) is 3. The Hall–Kier alpha value is -0.610. The smallest absolute Gasteiger partial charge is 0.227 e. The van der Waals surface area contributed by atoms with Crippen molar-refractivity contribution in [2.45, 2.75) is 31.7 Å². The molecule has 0 radical (unpaired) electrons. The molecule has 0 aromatic rings. The monoisotopic (exact) mass is 225 g/mol. The fourth-order valence-corrected chi connectivity index (χ4v) is 2.84. The van der Waals surface area contributed by atoms with E-state index in [1.54, 1.807) is 0 Å². The first-order valence-corrected chi connectivity index (χ1v) is 6.39. The zero-order valence-corrected chi connectivity index (χ0v) is 10.2. The Kier molecular flexibility index (Phi) is 3.82. The molecule has 16 heavy (non-hydrogen) atoms. The van der Waals surface area contributed by atoms with Gasteiger partial charge in [0.15, 0.2) is 0 Å². The summed E-state index contributed by atoms with van der Waals surface area (Å²) < 4.78 is 0. The van der Waals surface area contributed by atoms with Crippen molar-refractivity contribution in [1.29, 1.82) is 0 Å². The van der Waals surface area contributed by atoms with Gasteiger partial charge < -0.3 is 15.5 Å². The number of amides is 1. The van der Waals surface area contributed by atoms with E-state index in [0.29, 0.717) is 5.91 Å². The van der Waals surface area contributed by atoms with Crippen LogP contribution in [0.15, 0.2) is 0 Å². The van der Waals surface area contributed by atoms with Crippen LogP contribution in [-0.4, -0.2) is 55.0 Å². The normalized spacial score (nSPS) is 32.8. The predicted octanol–water partition coefficient (Wildman–Crippen LogP) is 0.278. The summed E-state index contributed by atoms with van der Waals surface area (Å²) in [5, 5.41) is 0. The fourth-order valence-electron chi connectivity index (χ4n) is 2.84. The highest BCUT2D eigenvalue weighted by Gasteiger charge is 2.30. The lowest BCUT2D eigenvalue weighted by atomic mass is 9.95. The zero-order valence-electron chi connectivity index (χ0n) is 10.2. The second kappa shape index (κ2) is 5.15. The van der Waals surface area contributed by atoms with Gasteiger partial charge in [-0.05, 0) is 39.3 Å². The molecule has 4 heteroatoms. The zero-order chi connectivity index (χ0) is 11.5. The van der Waals surface area contributed by atoms with Gasteiger partial charge in [0, 0.05) is 25.7 Å². The fraction of sp³-hybridized carbons (Fsp3) is 0.917. The Labute approximate surface area is 97.8 Å². The SMILES string of the molecule is CN1CCC[C@H](C(=O)N2CCC[C@@H](N)C2)C1. The molecule has 2 aliphatic heterocycles. The minimum absolute atomic E-state index is 0.194. The van der Waals surface area contributed by atoms with Crippen molar-refractivity contribution in [3.8, 4) is 0 Å². The highest BCUT2D eigenvalue weighted by molar-refractivity contribution is 5.79. The van der Waals surface area contributed by atoms with Crippen molar-refractivity contribution in [3.05, 3.63) is 0 Å². The first kappa shape index (κ1) is 11.9. The van der Waals surface area contributed by atoms with E-state index in [4.69, 9.17) is 5.73 Å². The average Bonchev–Trinajstić information content (AvgIpc) is 2.28. The van der Waals surface area contributed by atoms with Gasteiger partial charge in [0.05, 0.1) is 5.92 Å². The van der Waals surface area contributed by atoms with Crippen LogP contribution in [0, 0.1) is 5.92 Å². The van der Waals surface area contributed by atoms with Gasteiger partial charge in [0.25, 0.3) is 0 Å². The van der Waals surface area contributed by atoms with E-state index in [9.17, 15) is 4.79 Å². The topological polar surface area (TPSA) is 49.6 Å². The Balaban J connectivity index is 1.90. The summed E-state index contributed by atoms with van der Waals surface area (Å²) in [6.45, 7) is 3.72. The van der Waals surface area contributed by atoms with E-state index in [1.807, 2.05) is 4.90 Å². The van der Waals surface area contributed by atoms with E-state index >= 15 is 0 Å². The maximum absolute atomic E-state index is 12.3. The van der Waals surface area contributed by atoms with E-state index in [0.717, 1.165) is 51.9 Å². The average molecular weight is 225 g/mol. The molecular formula is C12H23N3O. The van der Waals surface area contributed by atoms with Gasteiger partial charge in [0.1, 0.15) is 0 Å². The van der Waals surface area contributed by atoms with Gasteiger partial charge in [-0.3, -0.25) is 4.79 Å². The third kappa shape index (κ3) is 2.74. The van der Waals surface area contributed by atoms with Gasteiger partial charge in [-0.15, -0.1) is 0 Å². The minimum Gasteiger partial charge on any atom is -0.341 e. The highest BCUT2D eigenvalue weighted by Crippen LogP contribution is 2.19. The van der Waals surface area contributed by atoms with Crippen molar-refractivity contribution < 1.29 is 4.79 Å². The van der Waals surface area contributed by atoms with Crippen LogP contribution in [-0.2, 0) is 4.79 Å². The molecule has 2 atom stereocenters. The van der Waals surface area contributed by atoms with Crippen molar-refractivity contribution in [2.24, 2.45) is 11.7 Å². The summed E-state index contributed by atoms with van der Waals surface area (Å²) in [6, 6.07) is 0.194. The molecular weight excluding hydrogens is 202 g/mol. The maximum atomic E-state index is 12.3. The molecule has 2 fully saturated rings. The molecule has 0 aromatic carbocycles. The summed E-state index contributed by atoms with van der Waals surface area (Å²) in [4.78, 5) is 16.5. The number of nitrogens with zero attached hydrogens (tertiary/aromatic N) is 2. The molecule has 0 aromatic heterocycles. The molecule has 0 unspecified atom stereocenters. The lowest BCUT2D eigenvalue weighted by Gasteiger charge is -2.36. The summed E-state index contributed by atoms with van der Waals surface area (Å²) in [7, 11) is 2.10. The first-order valence-electron chi connectivity index (χ1n) is 6.39. The van der Waals surface area contributed by atoms with Crippen molar-refractivity contribution in [3.63, 3.8) is 0 Å². The second-order valence-corrected chi connectivity index (χ2v) is 5.29. The molecule has 2 rings (SSSR count). The van der Waals surface area contributed by atoms with Crippen LogP contribution in [0.1, 0.15) is 25.7 Å². The molecule has 2 N–H and O–H groups in total. The molecule has 2 heterocycles. The summed E-state index contributed by atoms with van der Waals surface area (Å²) >= 11 is 0. The Morgan fingerprint density at radius 1 is 1.19 bits per heavy atom. The highest BCUT2D eigenvalue weighted by atomic mass is 16.2. The third-order valence-electron chi connectivity index (χ3n) is 3.74. The van der Waals surface area contributed by atoms with Crippen LogP contribution in [0.3, 0.4) is 0 Å². The minimum atomic E-state index is 0.194. The van der Waals surface area contributed by atoms with Crippen LogP contribution in [0.5, 0.6) is 0 Å². The Morgan fingerprint density at radius 2 is 1.94 bits per heavy atom. The molecule has 2 saturated heterocycles. The maximum Gasteiger partial charge on any atom is 0.227 e. The van der Waals surface area contributed by atoms with Crippen molar-refractivity contribution in [2.75, 3.05) is 33.2 Å². The predicted molar refractivity (Wildman–Crippen MR) is 64.0 cm³/mol. The van der Waals surface area contributed by atoms with Crippen LogP contribution in [0.2, 0.25) is 0 Å². The third-order valence-corrected chi connectivity index (χ3v) is 3.74. The molecule has 0 aliphatic carbocycles. The summed E-state index contributed by atoms with van der Waals surface area (Å²) in [5.74, 6) is 0.547. The summed E-state index contributed by atoms with van der Waals surface area (Å²) in [5.41, 5.74) is 5.92. The molecule has 4 nitrogen and oxygen atoms in total. The molecule has 92 valence electrons. The van der Waals surface area contributed by atoms with Crippen LogP contribution < -0.4 is 5.73 Å². The van der Waals surface area contributed by atoms with Crippen molar-refractivity contribution in [1.82, 2.24) is 9.80 Å². The van der Waals surface area contributed by atoms with Crippen LogP contribution in [0.4, 0.5) is 0 Å². The molecule has 0 bridgehead atoms. The standard InChI is InChI=1S/C12H23N3O/c1-14-6-2-4-10(8-14)12(16)15-7-3-5-11(13)9-15/h10-11H,2-9,13H2,1H3/t10-,11+/m0/s1. The van der Waals surface area contributed by atoms with E-state index in [-0.39, 0.29) is 12.0 Å². The number of likely N-dealkylation sites (tertiary alicyclic amines) is 2. The van der Waals surface area contributed by atoms with Crippen LogP contribution in [0.25, 0.3) is 0 Å². The Morgan fingerprint density at radius 3 is 2.62 bits per heavy atom. The number of piperidine rings is 2. The molecule has 1 amide bonds. The number of carbonyl (C=O) groups is 1. The second-order valence-electron chi connectivity index (χ2n) is 5.29. The van der Waals surface area contributed by atoms with E-state index < -0.39 is 0 Å². The van der Waals surface area contributed by atoms with Crippen molar-refractivity contribution >= 4 is 5.91 Å². The van der Waals surface area contributed by atoms with E-state index in [1.165, 1.54) is 0 Å². The van der Waals surface area contributed by atoms with E-state index in [2.05, 4.69) is 11.9 Å². The van der Waals surface area contributed by atoms with Crippen LogP contribution >= 0.6 is 0 Å². The number of rotatable bonds is 1. The van der Waals surface area contributed by atoms with Gasteiger partial charge in [0.2, 0.25) is 5.91 Å². The molecule has 0 spiro atoms. The lowest BCUT2D eigenvalue weighted by Crippen LogP contribution is -2.50. The quantitative estimate of drug-likeness (QED) is 0.697. The number of nitrogens with two attached hydrogens (primary N) is 1. The lowest BCUT2D eigenvalue weighted by molar-refractivity contribution is -0.138. The molecule has 0 saturated carbocycles. The number of hydrogen-bond donors (Lipinski definition) is 1. The molecule has 2 aliphatic rings. The van der Waals surface area contributed by atoms with Gasteiger partial charge in [-0.25, -0.2) is 0 Å².